The molecule has 0 bridgehead atoms. The van der Waals surface area contributed by atoms with Gasteiger partial charge in [-0.3, -0.25) is 4.90 Å². The zero-order valence-electron chi connectivity index (χ0n) is 12.3. The van der Waals surface area contributed by atoms with Crippen molar-refractivity contribution < 1.29 is 9.15 Å². The first-order chi connectivity index (χ1) is 10.8. The lowest BCUT2D eigenvalue weighted by atomic mass is 10.2. The molecule has 0 atom stereocenters. The number of hydrogen-bond acceptors (Lipinski definition) is 6. The Morgan fingerprint density at radius 3 is 2.68 bits per heavy atom. The molecule has 22 heavy (non-hydrogen) atoms. The Bertz CT molecular complexity index is 581. The van der Waals surface area contributed by atoms with Crippen molar-refractivity contribution in [1.82, 2.24) is 20.4 Å². The molecule has 6 nitrogen and oxygen atoms in total. The van der Waals surface area contributed by atoms with Crippen molar-refractivity contribution in [1.29, 1.82) is 0 Å². The molecule has 0 unspecified atom stereocenters. The number of nitrogens with zero attached hydrogens (tertiary/aromatic N) is 3. The minimum Gasteiger partial charge on any atom is -0.419 e. The third-order valence-corrected chi connectivity index (χ3v) is 3.79. The Morgan fingerprint density at radius 2 is 1.91 bits per heavy atom. The molecule has 1 N–H and O–H groups in total. The average Bonchev–Trinajstić information content (AvgIpc) is 3.02. The molecule has 2 aromatic rings. The summed E-state index contributed by atoms with van der Waals surface area (Å²) in [5.74, 6) is 1.11. The summed E-state index contributed by atoms with van der Waals surface area (Å²) < 4.78 is 11.0. The van der Waals surface area contributed by atoms with Crippen molar-refractivity contribution in [2.45, 2.75) is 6.54 Å². The van der Waals surface area contributed by atoms with E-state index in [2.05, 4.69) is 20.4 Å². The Labute approximate surface area is 134 Å². The van der Waals surface area contributed by atoms with Crippen LogP contribution < -0.4 is 5.32 Å². The van der Waals surface area contributed by atoms with Gasteiger partial charge in [0.25, 0.3) is 0 Å². The summed E-state index contributed by atoms with van der Waals surface area (Å²) >= 11 is 5.86. The van der Waals surface area contributed by atoms with E-state index in [9.17, 15) is 0 Å². The number of morpholine rings is 1. The van der Waals surface area contributed by atoms with Crippen LogP contribution >= 0.6 is 11.6 Å². The van der Waals surface area contributed by atoms with E-state index in [0.29, 0.717) is 23.3 Å². The van der Waals surface area contributed by atoms with E-state index in [0.717, 1.165) is 45.0 Å². The van der Waals surface area contributed by atoms with E-state index in [1.54, 1.807) is 12.1 Å². The highest BCUT2D eigenvalue weighted by atomic mass is 35.5. The van der Waals surface area contributed by atoms with E-state index in [-0.39, 0.29) is 0 Å². The summed E-state index contributed by atoms with van der Waals surface area (Å²) in [5.41, 5.74) is 0.872. The summed E-state index contributed by atoms with van der Waals surface area (Å²) in [6.45, 7) is 6.12. The number of aromatic nitrogens is 2. The molecule has 3 rings (SSSR count). The summed E-state index contributed by atoms with van der Waals surface area (Å²) in [6.07, 6.45) is 0. The van der Waals surface area contributed by atoms with Gasteiger partial charge in [-0.05, 0) is 24.3 Å². The highest BCUT2D eigenvalue weighted by Gasteiger charge is 2.10. The van der Waals surface area contributed by atoms with Gasteiger partial charge < -0.3 is 14.5 Å². The second-order valence-corrected chi connectivity index (χ2v) is 5.58. The zero-order chi connectivity index (χ0) is 15.2. The monoisotopic (exact) mass is 322 g/mol. The lowest BCUT2D eigenvalue weighted by molar-refractivity contribution is 0.0383. The number of nitrogens with one attached hydrogen (secondary N) is 1. The molecule has 7 heteroatoms. The lowest BCUT2D eigenvalue weighted by Gasteiger charge is -2.26. The van der Waals surface area contributed by atoms with Crippen LogP contribution in [0.2, 0.25) is 5.02 Å². The fraction of sp³-hybridized carbons (Fsp3) is 0.467. The second kappa shape index (κ2) is 7.69. The highest BCUT2D eigenvalue weighted by molar-refractivity contribution is 6.30. The summed E-state index contributed by atoms with van der Waals surface area (Å²) in [5, 5.41) is 12.1. The number of rotatable bonds is 6. The molecule has 2 heterocycles. The molecule has 1 aliphatic heterocycles. The SMILES string of the molecule is Clc1ccc(-c2nnc(CNCCN3CCOCC3)o2)cc1. The van der Waals surface area contributed by atoms with E-state index >= 15 is 0 Å². The van der Waals surface area contributed by atoms with Crippen LogP contribution in [-0.4, -0.2) is 54.5 Å². The van der Waals surface area contributed by atoms with Crippen LogP contribution in [0.25, 0.3) is 11.5 Å². The molecule has 0 aliphatic carbocycles. The normalized spacial score (nSPS) is 16.0. The molecule has 0 radical (unpaired) electrons. The zero-order valence-corrected chi connectivity index (χ0v) is 13.1. The molecule has 0 saturated carbocycles. The highest BCUT2D eigenvalue weighted by Crippen LogP contribution is 2.20. The first-order valence-electron chi connectivity index (χ1n) is 7.40. The topological polar surface area (TPSA) is 63.4 Å². The minimum absolute atomic E-state index is 0.515. The van der Waals surface area contributed by atoms with Crippen molar-refractivity contribution in [2.24, 2.45) is 0 Å². The van der Waals surface area contributed by atoms with E-state index in [4.69, 9.17) is 20.8 Å². The van der Waals surface area contributed by atoms with Crippen LogP contribution in [0, 0.1) is 0 Å². The Kier molecular flexibility index (Phi) is 5.39. The smallest absolute Gasteiger partial charge is 0.247 e. The number of halogens is 1. The molecule has 0 amide bonds. The quantitative estimate of drug-likeness (QED) is 0.818. The minimum atomic E-state index is 0.515. The number of benzene rings is 1. The van der Waals surface area contributed by atoms with Crippen molar-refractivity contribution in [3.8, 4) is 11.5 Å². The van der Waals surface area contributed by atoms with Crippen LogP contribution in [0.15, 0.2) is 28.7 Å². The molecule has 1 fully saturated rings. The Hall–Kier alpha value is -1.47. The van der Waals surface area contributed by atoms with Gasteiger partial charge in [0, 0.05) is 36.8 Å². The van der Waals surface area contributed by atoms with Gasteiger partial charge in [0.15, 0.2) is 0 Å². The fourth-order valence-electron chi connectivity index (χ4n) is 2.29. The average molecular weight is 323 g/mol. The fourth-order valence-corrected chi connectivity index (χ4v) is 2.42. The first kappa shape index (κ1) is 15.4. The van der Waals surface area contributed by atoms with Crippen LogP contribution in [0.5, 0.6) is 0 Å². The summed E-state index contributed by atoms with van der Waals surface area (Å²) in [4.78, 5) is 2.38. The third-order valence-electron chi connectivity index (χ3n) is 3.54. The molecule has 0 spiro atoms. The molecule has 1 aliphatic rings. The maximum atomic E-state index is 5.86. The van der Waals surface area contributed by atoms with Gasteiger partial charge >= 0.3 is 0 Å². The standard InChI is InChI=1S/C15H19ClN4O2/c16-13-3-1-12(2-4-13)15-19-18-14(22-15)11-17-5-6-20-7-9-21-10-8-20/h1-4,17H,5-11H2. The summed E-state index contributed by atoms with van der Waals surface area (Å²) in [7, 11) is 0. The van der Waals surface area contributed by atoms with Crippen molar-refractivity contribution in [3.05, 3.63) is 35.2 Å². The van der Waals surface area contributed by atoms with E-state index in [1.807, 2.05) is 12.1 Å². The maximum absolute atomic E-state index is 5.86. The van der Waals surface area contributed by atoms with Crippen LogP contribution in [0.3, 0.4) is 0 Å². The molecular weight excluding hydrogens is 304 g/mol. The molecule has 1 aromatic heterocycles. The van der Waals surface area contributed by atoms with Gasteiger partial charge in [0.05, 0.1) is 19.8 Å². The van der Waals surface area contributed by atoms with Crippen LogP contribution in [-0.2, 0) is 11.3 Å². The Balaban J connectivity index is 1.44. The van der Waals surface area contributed by atoms with Crippen molar-refractivity contribution >= 4 is 11.6 Å². The predicted octanol–water partition coefficient (Wildman–Crippen LogP) is 1.81. The molecular formula is C15H19ClN4O2. The predicted molar refractivity (Wildman–Crippen MR) is 83.7 cm³/mol. The largest absolute Gasteiger partial charge is 0.419 e. The van der Waals surface area contributed by atoms with Gasteiger partial charge in [0.1, 0.15) is 0 Å². The van der Waals surface area contributed by atoms with Gasteiger partial charge in [-0.15, -0.1) is 10.2 Å². The van der Waals surface area contributed by atoms with Crippen LogP contribution in [0.4, 0.5) is 0 Å². The number of ether oxygens (including phenoxy) is 1. The third kappa shape index (κ3) is 4.27. The Morgan fingerprint density at radius 1 is 1.14 bits per heavy atom. The molecule has 1 saturated heterocycles. The van der Waals surface area contributed by atoms with Gasteiger partial charge in [0.2, 0.25) is 11.8 Å². The molecule has 1 aromatic carbocycles. The van der Waals surface area contributed by atoms with E-state index < -0.39 is 0 Å². The van der Waals surface area contributed by atoms with Crippen LogP contribution in [0.1, 0.15) is 5.89 Å². The molecule has 118 valence electrons. The van der Waals surface area contributed by atoms with Crippen molar-refractivity contribution in [2.75, 3.05) is 39.4 Å². The van der Waals surface area contributed by atoms with Crippen molar-refractivity contribution in [3.63, 3.8) is 0 Å². The van der Waals surface area contributed by atoms with Gasteiger partial charge in [-0.2, -0.15) is 0 Å². The summed E-state index contributed by atoms with van der Waals surface area (Å²) in [6, 6.07) is 7.35. The second-order valence-electron chi connectivity index (χ2n) is 5.14. The van der Waals surface area contributed by atoms with Gasteiger partial charge in [-0.25, -0.2) is 0 Å². The first-order valence-corrected chi connectivity index (χ1v) is 7.78. The van der Waals surface area contributed by atoms with E-state index in [1.165, 1.54) is 0 Å². The lowest BCUT2D eigenvalue weighted by Crippen LogP contribution is -2.40. The number of hydrogen-bond donors (Lipinski definition) is 1. The van der Waals surface area contributed by atoms with Gasteiger partial charge in [-0.1, -0.05) is 11.6 Å². The maximum Gasteiger partial charge on any atom is 0.247 e.